The Morgan fingerprint density at radius 1 is 1.53 bits per heavy atom. The first-order chi connectivity index (χ1) is 9.13. The topological polar surface area (TPSA) is 93.9 Å². The van der Waals surface area contributed by atoms with E-state index in [1.165, 1.54) is 19.5 Å². The van der Waals surface area contributed by atoms with Crippen LogP contribution in [0.3, 0.4) is 0 Å². The van der Waals surface area contributed by atoms with E-state index in [1.54, 1.807) is 24.6 Å². The molecule has 2 rings (SSSR count). The molecule has 0 aliphatic rings. The van der Waals surface area contributed by atoms with Crippen molar-refractivity contribution in [3.8, 4) is 11.8 Å². The predicted octanol–water partition coefficient (Wildman–Crippen LogP) is 1.29. The Kier molecular flexibility index (Phi) is 3.48. The number of rotatable bonds is 3. The molecule has 2 aromatic rings. The van der Waals surface area contributed by atoms with Crippen LogP contribution in [-0.4, -0.2) is 22.9 Å². The minimum absolute atomic E-state index is 0.443. The highest BCUT2D eigenvalue weighted by Gasteiger charge is 2.07. The number of aromatic nitrogens is 2. The van der Waals surface area contributed by atoms with Crippen LogP contribution in [0.15, 0.2) is 30.6 Å². The van der Waals surface area contributed by atoms with E-state index in [0.717, 1.165) is 10.2 Å². The quantitative estimate of drug-likeness (QED) is 0.894. The Morgan fingerprint density at radius 3 is 2.89 bits per heavy atom. The maximum Gasteiger partial charge on any atom is 0.339 e. The van der Waals surface area contributed by atoms with Gasteiger partial charge in [-0.15, -0.1) is 0 Å². The lowest BCUT2D eigenvalue weighted by atomic mass is 10.0. The first-order valence-electron chi connectivity index (χ1n) is 5.41. The number of carbonyl (C=O) groups excluding carboxylic acids is 1. The van der Waals surface area contributed by atoms with Crippen LogP contribution < -0.4 is 10.5 Å². The Balaban J connectivity index is 2.23. The summed E-state index contributed by atoms with van der Waals surface area (Å²) in [6.45, 7) is 0. The molecule has 0 atom stereocenters. The zero-order valence-electron chi connectivity index (χ0n) is 10.2. The molecule has 6 heteroatoms. The Bertz CT molecular complexity index is 655. The van der Waals surface area contributed by atoms with Gasteiger partial charge in [0.25, 0.3) is 0 Å². The van der Waals surface area contributed by atoms with Gasteiger partial charge >= 0.3 is 6.03 Å². The van der Waals surface area contributed by atoms with Crippen LogP contribution in [0.4, 0.5) is 4.79 Å². The van der Waals surface area contributed by atoms with E-state index in [9.17, 15) is 4.79 Å². The minimum atomic E-state index is -0.646. The zero-order valence-corrected chi connectivity index (χ0v) is 10.2. The first-order valence-corrected chi connectivity index (χ1v) is 5.41. The van der Waals surface area contributed by atoms with Gasteiger partial charge in [0.2, 0.25) is 0 Å². The summed E-state index contributed by atoms with van der Waals surface area (Å²) in [6, 6.07) is 6.62. The van der Waals surface area contributed by atoms with E-state index in [4.69, 9.17) is 15.7 Å². The van der Waals surface area contributed by atoms with E-state index in [0.29, 0.717) is 16.9 Å². The zero-order chi connectivity index (χ0) is 13.8. The maximum absolute atomic E-state index is 10.9. The van der Waals surface area contributed by atoms with Crippen molar-refractivity contribution in [2.24, 2.45) is 5.73 Å². The van der Waals surface area contributed by atoms with Gasteiger partial charge in [0.05, 0.1) is 18.9 Å². The largest absolute Gasteiger partial charge is 0.495 e. The summed E-state index contributed by atoms with van der Waals surface area (Å²) < 4.78 is 6.11. The number of nitriles is 1. The van der Waals surface area contributed by atoms with E-state index in [1.807, 2.05) is 0 Å². The third kappa shape index (κ3) is 2.72. The number of benzene rings is 1. The van der Waals surface area contributed by atoms with Gasteiger partial charge in [0.1, 0.15) is 11.8 Å². The molecule has 0 bridgehead atoms. The van der Waals surface area contributed by atoms with Crippen molar-refractivity contribution in [2.45, 2.75) is 0 Å². The Morgan fingerprint density at radius 2 is 2.32 bits per heavy atom. The van der Waals surface area contributed by atoms with Gasteiger partial charge in [-0.1, -0.05) is 6.07 Å². The summed E-state index contributed by atoms with van der Waals surface area (Å²) in [5, 5.41) is 12.8. The summed E-state index contributed by atoms with van der Waals surface area (Å²) in [5.41, 5.74) is 7.06. The number of carbonyl (C=O) groups is 1. The van der Waals surface area contributed by atoms with Crippen molar-refractivity contribution in [1.82, 2.24) is 9.78 Å². The lowest BCUT2D eigenvalue weighted by molar-refractivity contribution is 0.247. The fourth-order valence-electron chi connectivity index (χ4n) is 1.63. The summed E-state index contributed by atoms with van der Waals surface area (Å²) in [5.74, 6) is 0.521. The van der Waals surface area contributed by atoms with Gasteiger partial charge in [0.15, 0.2) is 0 Å². The second kappa shape index (κ2) is 5.23. The molecule has 1 aromatic carbocycles. The van der Waals surface area contributed by atoms with Gasteiger partial charge in [0, 0.05) is 12.6 Å². The molecule has 1 heterocycles. The number of amides is 1. The molecule has 19 heavy (non-hydrogen) atoms. The number of ether oxygens (including phenoxy) is 1. The van der Waals surface area contributed by atoms with E-state index in [2.05, 4.69) is 11.2 Å². The number of hydrogen-bond donors (Lipinski definition) is 1. The lowest BCUT2D eigenvalue weighted by Gasteiger charge is -2.04. The summed E-state index contributed by atoms with van der Waals surface area (Å²) in [7, 11) is 1.51. The molecule has 95 valence electrons. The van der Waals surface area contributed by atoms with Crippen LogP contribution in [0.2, 0.25) is 0 Å². The fourth-order valence-corrected chi connectivity index (χ4v) is 1.63. The highest BCUT2D eigenvalue weighted by molar-refractivity contribution is 5.73. The van der Waals surface area contributed by atoms with Crippen molar-refractivity contribution in [3.05, 3.63) is 53.7 Å². The molecule has 0 aliphatic carbocycles. The highest BCUT2D eigenvalue weighted by atomic mass is 16.5. The van der Waals surface area contributed by atoms with Crippen LogP contribution in [0.25, 0.3) is 0 Å². The predicted molar refractivity (Wildman–Crippen MR) is 67.4 cm³/mol. The second-order valence-electron chi connectivity index (χ2n) is 3.77. The van der Waals surface area contributed by atoms with Crippen LogP contribution in [0.5, 0.6) is 5.75 Å². The summed E-state index contributed by atoms with van der Waals surface area (Å²) in [6.07, 6.45) is 4.81. The third-order valence-corrected chi connectivity index (χ3v) is 2.51. The monoisotopic (exact) mass is 255 g/mol. The summed E-state index contributed by atoms with van der Waals surface area (Å²) in [4.78, 5) is 10.9. The number of nitrogens with zero attached hydrogens (tertiary/aromatic N) is 3. The number of methoxy groups -OCH3 is 1. The van der Waals surface area contributed by atoms with E-state index in [-0.39, 0.29) is 0 Å². The molecular formula is C13H11N4O2. The third-order valence-electron chi connectivity index (χ3n) is 2.51. The number of primary amides is 1. The van der Waals surface area contributed by atoms with E-state index < -0.39 is 6.03 Å². The Labute approximate surface area is 110 Å². The number of nitrogens with two attached hydrogens (primary N) is 1. The molecule has 1 aromatic heterocycles. The minimum Gasteiger partial charge on any atom is -0.495 e. The van der Waals surface area contributed by atoms with Crippen LogP contribution in [-0.2, 0) is 0 Å². The van der Waals surface area contributed by atoms with Gasteiger partial charge < -0.3 is 10.5 Å². The number of hydrogen-bond acceptors (Lipinski definition) is 4. The molecule has 0 saturated carbocycles. The van der Waals surface area contributed by atoms with Crippen molar-refractivity contribution in [1.29, 1.82) is 5.26 Å². The average Bonchev–Trinajstić information content (AvgIpc) is 2.87. The van der Waals surface area contributed by atoms with Crippen LogP contribution in [0.1, 0.15) is 16.7 Å². The molecule has 0 aliphatic heterocycles. The molecule has 1 radical (unpaired) electrons. The van der Waals surface area contributed by atoms with Gasteiger partial charge in [-0.3, -0.25) is 0 Å². The van der Waals surface area contributed by atoms with Crippen molar-refractivity contribution in [3.63, 3.8) is 0 Å². The summed E-state index contributed by atoms with van der Waals surface area (Å²) >= 11 is 0. The van der Waals surface area contributed by atoms with Crippen LogP contribution in [0, 0.1) is 17.8 Å². The average molecular weight is 255 g/mol. The van der Waals surface area contributed by atoms with Crippen LogP contribution >= 0.6 is 0 Å². The fraction of sp³-hybridized carbons (Fsp3) is 0.0769. The molecule has 0 saturated heterocycles. The van der Waals surface area contributed by atoms with Crippen molar-refractivity contribution < 1.29 is 9.53 Å². The Hall–Kier alpha value is -2.81. The van der Waals surface area contributed by atoms with Gasteiger partial charge in [-0.2, -0.15) is 15.0 Å². The maximum atomic E-state index is 10.9. The molecular weight excluding hydrogens is 244 g/mol. The molecule has 1 amide bonds. The molecule has 2 N–H and O–H groups in total. The second-order valence-corrected chi connectivity index (χ2v) is 3.77. The molecule has 6 nitrogen and oxygen atoms in total. The SMILES string of the molecule is COc1ccc([CH]c2cnn(C(N)=O)c2)cc1C#N. The lowest BCUT2D eigenvalue weighted by Crippen LogP contribution is -2.19. The first kappa shape index (κ1) is 12.6. The highest BCUT2D eigenvalue weighted by Crippen LogP contribution is 2.21. The van der Waals surface area contributed by atoms with Crippen molar-refractivity contribution in [2.75, 3.05) is 7.11 Å². The smallest absolute Gasteiger partial charge is 0.339 e. The van der Waals surface area contributed by atoms with Crippen molar-refractivity contribution >= 4 is 6.03 Å². The molecule has 0 fully saturated rings. The van der Waals surface area contributed by atoms with Gasteiger partial charge in [-0.25, -0.2) is 4.79 Å². The standard InChI is InChI=1S/C13H11N4O2/c1-19-12-3-2-9(5-11(12)6-14)4-10-7-16-17(8-10)13(15)18/h2-5,7-8H,1H3,(H2,15,18). The normalized spacial score (nSPS) is 9.89. The molecule has 0 unspecified atom stereocenters. The van der Waals surface area contributed by atoms with Gasteiger partial charge in [-0.05, 0) is 23.3 Å². The molecule has 0 spiro atoms. The van der Waals surface area contributed by atoms with E-state index >= 15 is 0 Å².